The minimum atomic E-state index is 0. The number of aryl methyl sites for hydroxylation is 1. The lowest BCUT2D eigenvalue weighted by Crippen LogP contribution is -2.42. The Hall–Kier alpha value is -1.70. The van der Waals surface area contributed by atoms with Gasteiger partial charge in [0.15, 0.2) is 5.96 Å². The molecule has 0 saturated carbocycles. The number of furan rings is 1. The minimum Gasteiger partial charge on any atom is -0.489 e. The van der Waals surface area contributed by atoms with Gasteiger partial charge in [-0.15, -0.1) is 24.0 Å². The van der Waals surface area contributed by atoms with Crippen molar-refractivity contribution in [1.29, 1.82) is 0 Å². The second-order valence-electron chi connectivity index (χ2n) is 5.40. The van der Waals surface area contributed by atoms with Gasteiger partial charge in [0.1, 0.15) is 17.6 Å². The standard InChI is InChI=1S/C18H25N3O2.HI/c1-14-7-4-5-9-17(14)23-15(2)13-21-18(19-3)20-11-10-16-8-6-12-22-16;/h4-9,12,15H,10-11,13H2,1-3H3,(H2,19,20,21);1H. The lowest BCUT2D eigenvalue weighted by Gasteiger charge is -2.18. The van der Waals surface area contributed by atoms with Crippen molar-refractivity contribution in [3.8, 4) is 5.75 Å². The molecule has 5 nitrogen and oxygen atoms in total. The smallest absolute Gasteiger partial charge is 0.191 e. The molecular weight excluding hydrogens is 417 g/mol. The molecule has 0 aliphatic rings. The van der Waals surface area contributed by atoms with Crippen LogP contribution < -0.4 is 15.4 Å². The molecule has 1 atom stereocenters. The van der Waals surface area contributed by atoms with Crippen LogP contribution in [0.5, 0.6) is 5.75 Å². The summed E-state index contributed by atoms with van der Waals surface area (Å²) in [6, 6.07) is 11.9. The highest BCUT2D eigenvalue weighted by Gasteiger charge is 2.07. The molecule has 0 bridgehead atoms. The summed E-state index contributed by atoms with van der Waals surface area (Å²) in [5.41, 5.74) is 1.14. The molecule has 132 valence electrons. The molecule has 2 rings (SSSR count). The highest BCUT2D eigenvalue weighted by atomic mass is 127. The Kier molecular flexibility index (Phi) is 9.29. The van der Waals surface area contributed by atoms with Crippen molar-refractivity contribution in [3.63, 3.8) is 0 Å². The second-order valence-corrected chi connectivity index (χ2v) is 5.40. The highest BCUT2D eigenvalue weighted by molar-refractivity contribution is 14.0. The van der Waals surface area contributed by atoms with Gasteiger partial charge in [0.2, 0.25) is 0 Å². The fourth-order valence-electron chi connectivity index (χ4n) is 2.17. The Bertz CT molecular complexity index is 614. The maximum Gasteiger partial charge on any atom is 0.191 e. The Labute approximate surface area is 160 Å². The minimum absolute atomic E-state index is 0. The van der Waals surface area contributed by atoms with Crippen LogP contribution >= 0.6 is 24.0 Å². The van der Waals surface area contributed by atoms with E-state index in [0.717, 1.165) is 36.0 Å². The number of nitrogens with one attached hydrogen (secondary N) is 2. The lowest BCUT2D eigenvalue weighted by molar-refractivity contribution is 0.222. The van der Waals surface area contributed by atoms with Gasteiger partial charge in [-0.2, -0.15) is 0 Å². The van der Waals surface area contributed by atoms with Crippen molar-refractivity contribution in [2.45, 2.75) is 26.4 Å². The van der Waals surface area contributed by atoms with Gasteiger partial charge in [-0.05, 0) is 37.6 Å². The molecule has 6 heteroatoms. The quantitative estimate of drug-likeness (QED) is 0.392. The Balaban J connectivity index is 0.00000288. The zero-order chi connectivity index (χ0) is 16.5. The molecule has 0 amide bonds. The first-order chi connectivity index (χ1) is 11.2. The molecule has 0 aliphatic carbocycles. The van der Waals surface area contributed by atoms with E-state index in [1.807, 2.05) is 50.2 Å². The molecule has 2 N–H and O–H groups in total. The molecule has 1 unspecified atom stereocenters. The third-order valence-corrected chi connectivity index (χ3v) is 3.45. The number of ether oxygens (including phenoxy) is 1. The van der Waals surface area contributed by atoms with E-state index in [1.54, 1.807) is 13.3 Å². The van der Waals surface area contributed by atoms with Crippen molar-refractivity contribution >= 4 is 29.9 Å². The van der Waals surface area contributed by atoms with Gasteiger partial charge in [-0.25, -0.2) is 0 Å². The highest BCUT2D eigenvalue weighted by Crippen LogP contribution is 2.17. The number of hydrogen-bond donors (Lipinski definition) is 2. The number of nitrogens with zero attached hydrogens (tertiary/aromatic N) is 1. The van der Waals surface area contributed by atoms with Crippen LogP contribution in [-0.4, -0.2) is 32.2 Å². The van der Waals surface area contributed by atoms with Crippen LogP contribution in [0.3, 0.4) is 0 Å². The predicted octanol–water partition coefficient (Wildman–Crippen LogP) is 3.38. The first-order valence-electron chi connectivity index (χ1n) is 7.88. The van der Waals surface area contributed by atoms with Crippen LogP contribution in [0.4, 0.5) is 0 Å². The first-order valence-corrected chi connectivity index (χ1v) is 7.88. The molecule has 1 aromatic carbocycles. The Morgan fingerprint density at radius 1 is 1.21 bits per heavy atom. The Morgan fingerprint density at radius 2 is 2.00 bits per heavy atom. The normalized spacial score (nSPS) is 12.2. The van der Waals surface area contributed by atoms with Crippen LogP contribution in [-0.2, 0) is 6.42 Å². The number of halogens is 1. The lowest BCUT2D eigenvalue weighted by atomic mass is 10.2. The van der Waals surface area contributed by atoms with Crippen molar-refractivity contribution in [2.75, 3.05) is 20.1 Å². The van der Waals surface area contributed by atoms with E-state index in [4.69, 9.17) is 9.15 Å². The first kappa shape index (κ1) is 20.3. The third kappa shape index (κ3) is 6.82. The monoisotopic (exact) mass is 443 g/mol. The SMILES string of the molecule is CN=C(NCCc1ccco1)NCC(C)Oc1ccccc1C.I. The molecule has 0 saturated heterocycles. The van der Waals surface area contributed by atoms with Crippen LogP contribution in [0.15, 0.2) is 52.1 Å². The predicted molar refractivity (Wildman–Crippen MR) is 108 cm³/mol. The number of rotatable bonds is 7. The van der Waals surface area contributed by atoms with Gasteiger partial charge in [-0.3, -0.25) is 4.99 Å². The zero-order valence-corrected chi connectivity index (χ0v) is 16.7. The van der Waals surface area contributed by atoms with E-state index in [9.17, 15) is 0 Å². The van der Waals surface area contributed by atoms with Crippen molar-refractivity contribution in [1.82, 2.24) is 10.6 Å². The molecule has 1 aromatic heterocycles. The second kappa shape index (κ2) is 11.0. The van der Waals surface area contributed by atoms with E-state index in [-0.39, 0.29) is 30.1 Å². The molecular formula is C18H26IN3O2. The number of guanidine groups is 1. The molecule has 0 fully saturated rings. The number of para-hydroxylation sites is 1. The van der Waals surface area contributed by atoms with Gasteiger partial charge in [0.25, 0.3) is 0 Å². The molecule has 0 radical (unpaired) electrons. The Morgan fingerprint density at radius 3 is 2.67 bits per heavy atom. The van der Waals surface area contributed by atoms with Crippen molar-refractivity contribution < 1.29 is 9.15 Å². The largest absolute Gasteiger partial charge is 0.489 e. The van der Waals surface area contributed by atoms with Crippen molar-refractivity contribution in [3.05, 3.63) is 54.0 Å². The van der Waals surface area contributed by atoms with Crippen LogP contribution in [0, 0.1) is 6.92 Å². The summed E-state index contributed by atoms with van der Waals surface area (Å²) in [5.74, 6) is 2.64. The van der Waals surface area contributed by atoms with Crippen LogP contribution in [0.1, 0.15) is 18.2 Å². The third-order valence-electron chi connectivity index (χ3n) is 3.45. The molecule has 24 heavy (non-hydrogen) atoms. The summed E-state index contributed by atoms with van der Waals surface area (Å²) < 4.78 is 11.2. The van der Waals surface area contributed by atoms with E-state index in [2.05, 4.69) is 15.6 Å². The van der Waals surface area contributed by atoms with E-state index in [0.29, 0.717) is 6.54 Å². The molecule has 1 heterocycles. The zero-order valence-electron chi connectivity index (χ0n) is 14.4. The average molecular weight is 443 g/mol. The van der Waals surface area contributed by atoms with Gasteiger partial charge >= 0.3 is 0 Å². The number of benzene rings is 1. The van der Waals surface area contributed by atoms with E-state index < -0.39 is 0 Å². The maximum absolute atomic E-state index is 5.94. The van der Waals surface area contributed by atoms with Crippen LogP contribution in [0.25, 0.3) is 0 Å². The van der Waals surface area contributed by atoms with Gasteiger partial charge < -0.3 is 19.8 Å². The molecule has 0 aliphatic heterocycles. The van der Waals surface area contributed by atoms with Gasteiger partial charge in [0.05, 0.1) is 12.8 Å². The summed E-state index contributed by atoms with van der Waals surface area (Å²) >= 11 is 0. The van der Waals surface area contributed by atoms with Gasteiger partial charge in [-0.1, -0.05) is 18.2 Å². The summed E-state index contributed by atoms with van der Waals surface area (Å²) in [6.07, 6.45) is 2.55. The fraction of sp³-hybridized carbons (Fsp3) is 0.389. The summed E-state index contributed by atoms with van der Waals surface area (Å²) in [6.45, 7) is 5.52. The fourth-order valence-corrected chi connectivity index (χ4v) is 2.17. The summed E-state index contributed by atoms with van der Waals surface area (Å²) in [7, 11) is 1.76. The van der Waals surface area contributed by atoms with E-state index in [1.165, 1.54) is 0 Å². The topological polar surface area (TPSA) is 58.8 Å². The maximum atomic E-state index is 5.94. The van der Waals surface area contributed by atoms with Crippen molar-refractivity contribution in [2.24, 2.45) is 4.99 Å². The average Bonchev–Trinajstić information content (AvgIpc) is 3.06. The molecule has 2 aromatic rings. The summed E-state index contributed by atoms with van der Waals surface area (Å²) in [5, 5.41) is 6.53. The summed E-state index contributed by atoms with van der Waals surface area (Å²) in [4.78, 5) is 4.21. The molecule has 0 spiro atoms. The van der Waals surface area contributed by atoms with E-state index >= 15 is 0 Å². The van der Waals surface area contributed by atoms with Gasteiger partial charge in [0, 0.05) is 20.0 Å². The number of hydrogen-bond acceptors (Lipinski definition) is 3. The number of aliphatic imine (C=N–C) groups is 1. The van der Waals surface area contributed by atoms with Crippen LogP contribution in [0.2, 0.25) is 0 Å².